The maximum atomic E-state index is 13.3. The van der Waals surface area contributed by atoms with Crippen LogP contribution in [0, 0.1) is 0 Å². The molecule has 1 fully saturated rings. The van der Waals surface area contributed by atoms with E-state index in [9.17, 15) is 19.5 Å². The standard InChI is InChI=1S/C23H30N2O7/c1-5-10-32-23(29)24-18-13-21(31-11-6-7-16(3)27)20(30-4)12-17(18)22(28)25-9-8-15(2)19(25)14-26/h5,12-13,19,26H,1-2,6-11,14H2,3-4H3,(H,24,29)/t19-/m0/s1. The lowest BCUT2D eigenvalue weighted by atomic mass is 10.1. The Labute approximate surface area is 187 Å². The number of hydrogen-bond acceptors (Lipinski definition) is 7. The minimum atomic E-state index is -0.767. The van der Waals surface area contributed by atoms with E-state index in [1.807, 2.05) is 0 Å². The summed E-state index contributed by atoms with van der Waals surface area (Å²) in [6.07, 6.45) is 2.12. The average molecular weight is 447 g/mol. The average Bonchev–Trinajstić information content (AvgIpc) is 3.15. The van der Waals surface area contributed by atoms with E-state index in [2.05, 4.69) is 18.5 Å². The molecule has 9 heteroatoms. The minimum absolute atomic E-state index is 0.00178. The fourth-order valence-electron chi connectivity index (χ4n) is 3.33. The summed E-state index contributed by atoms with van der Waals surface area (Å²) < 4.78 is 16.1. The van der Waals surface area contributed by atoms with Gasteiger partial charge >= 0.3 is 6.09 Å². The number of aliphatic hydroxyl groups is 1. The third-order valence-corrected chi connectivity index (χ3v) is 4.99. The summed E-state index contributed by atoms with van der Waals surface area (Å²) in [6.45, 7) is 9.32. The maximum absolute atomic E-state index is 13.3. The topological polar surface area (TPSA) is 114 Å². The lowest BCUT2D eigenvalue weighted by Gasteiger charge is -2.25. The Hall–Kier alpha value is -3.33. The Kier molecular flexibility index (Phi) is 9.27. The maximum Gasteiger partial charge on any atom is 0.411 e. The number of hydrogen-bond donors (Lipinski definition) is 2. The highest BCUT2D eigenvalue weighted by atomic mass is 16.5. The van der Waals surface area contributed by atoms with E-state index < -0.39 is 18.0 Å². The van der Waals surface area contributed by atoms with Crippen molar-refractivity contribution >= 4 is 23.5 Å². The molecule has 32 heavy (non-hydrogen) atoms. The molecule has 1 saturated heterocycles. The molecule has 2 rings (SSSR count). The van der Waals surface area contributed by atoms with Crippen molar-refractivity contribution in [1.82, 2.24) is 4.90 Å². The number of likely N-dealkylation sites (tertiary alicyclic amines) is 1. The first kappa shape index (κ1) is 24.9. The van der Waals surface area contributed by atoms with Gasteiger partial charge in [-0.25, -0.2) is 4.79 Å². The number of nitrogens with one attached hydrogen (secondary N) is 1. The van der Waals surface area contributed by atoms with Crippen molar-refractivity contribution in [1.29, 1.82) is 0 Å². The van der Waals surface area contributed by atoms with E-state index >= 15 is 0 Å². The van der Waals surface area contributed by atoms with Crippen LogP contribution in [-0.4, -0.2) is 67.3 Å². The third-order valence-electron chi connectivity index (χ3n) is 4.99. The molecule has 1 aliphatic rings. The molecule has 0 saturated carbocycles. The van der Waals surface area contributed by atoms with Crippen molar-refractivity contribution in [2.24, 2.45) is 0 Å². The summed E-state index contributed by atoms with van der Waals surface area (Å²) in [5, 5.41) is 12.3. The number of rotatable bonds is 11. The van der Waals surface area contributed by atoms with E-state index in [1.54, 1.807) is 0 Å². The van der Waals surface area contributed by atoms with Gasteiger partial charge in [0, 0.05) is 19.0 Å². The van der Waals surface area contributed by atoms with Crippen LogP contribution >= 0.6 is 0 Å². The van der Waals surface area contributed by atoms with Crippen LogP contribution in [0.5, 0.6) is 11.5 Å². The fourth-order valence-corrected chi connectivity index (χ4v) is 3.33. The Bertz CT molecular complexity index is 881. The Morgan fingerprint density at radius 1 is 1.31 bits per heavy atom. The number of aliphatic hydroxyl groups excluding tert-OH is 1. The lowest BCUT2D eigenvalue weighted by molar-refractivity contribution is -0.117. The van der Waals surface area contributed by atoms with E-state index in [4.69, 9.17) is 14.2 Å². The molecule has 174 valence electrons. The zero-order valence-electron chi connectivity index (χ0n) is 18.5. The van der Waals surface area contributed by atoms with Crippen molar-refractivity contribution in [3.8, 4) is 11.5 Å². The number of Topliss-reactive ketones (excluding diaryl/α,β-unsaturated/α-hetero) is 1. The Balaban J connectivity index is 2.37. The summed E-state index contributed by atoms with van der Waals surface area (Å²) in [4.78, 5) is 38.1. The zero-order valence-corrected chi connectivity index (χ0v) is 18.5. The predicted molar refractivity (Wildman–Crippen MR) is 119 cm³/mol. The molecule has 0 spiro atoms. The second-order valence-corrected chi connectivity index (χ2v) is 7.32. The van der Waals surface area contributed by atoms with Crippen LogP contribution < -0.4 is 14.8 Å². The van der Waals surface area contributed by atoms with Crippen LogP contribution in [0.25, 0.3) is 0 Å². The Morgan fingerprint density at radius 2 is 2.06 bits per heavy atom. The van der Waals surface area contributed by atoms with Crippen LogP contribution in [0.2, 0.25) is 0 Å². The first-order valence-corrected chi connectivity index (χ1v) is 10.3. The smallest absolute Gasteiger partial charge is 0.411 e. The molecule has 1 aliphatic heterocycles. The summed E-state index contributed by atoms with van der Waals surface area (Å²) in [5.74, 6) is 0.249. The Morgan fingerprint density at radius 3 is 2.69 bits per heavy atom. The first-order valence-electron chi connectivity index (χ1n) is 10.3. The molecule has 0 radical (unpaired) electrons. The van der Waals surface area contributed by atoms with Crippen LogP contribution in [0.15, 0.2) is 36.9 Å². The van der Waals surface area contributed by atoms with Crippen molar-refractivity contribution in [2.75, 3.05) is 38.8 Å². The van der Waals surface area contributed by atoms with Gasteiger partial charge in [0.25, 0.3) is 5.91 Å². The molecule has 1 atom stereocenters. The van der Waals surface area contributed by atoms with Crippen LogP contribution in [-0.2, 0) is 9.53 Å². The molecule has 1 aromatic carbocycles. The van der Waals surface area contributed by atoms with E-state index in [0.29, 0.717) is 37.3 Å². The second-order valence-electron chi connectivity index (χ2n) is 7.32. The molecule has 2 N–H and O–H groups in total. The minimum Gasteiger partial charge on any atom is -0.493 e. The SMILES string of the molecule is C=CCOC(=O)Nc1cc(OCCCC(C)=O)c(OC)cc1C(=O)N1CCC(=C)[C@@H]1CO. The van der Waals surface area contributed by atoms with E-state index in [0.717, 1.165) is 5.57 Å². The molecular weight excluding hydrogens is 416 g/mol. The predicted octanol–water partition coefficient (Wildman–Crippen LogP) is 2.94. The highest BCUT2D eigenvalue weighted by Gasteiger charge is 2.33. The molecule has 0 aliphatic carbocycles. The third kappa shape index (κ3) is 6.34. The lowest BCUT2D eigenvalue weighted by Crippen LogP contribution is -2.38. The van der Waals surface area contributed by atoms with Gasteiger partial charge in [0.15, 0.2) is 11.5 Å². The molecule has 2 amide bonds. The number of benzene rings is 1. The number of carbonyl (C=O) groups is 3. The van der Waals surface area contributed by atoms with Gasteiger partial charge in [-0.2, -0.15) is 0 Å². The van der Waals surface area contributed by atoms with Crippen LogP contribution in [0.1, 0.15) is 36.5 Å². The summed E-state index contributed by atoms with van der Waals surface area (Å²) in [6, 6.07) is 2.45. The number of nitrogens with zero attached hydrogens (tertiary/aromatic N) is 1. The number of carbonyl (C=O) groups excluding carboxylic acids is 3. The quantitative estimate of drug-likeness (QED) is 0.397. The van der Waals surface area contributed by atoms with Gasteiger partial charge in [-0.3, -0.25) is 10.1 Å². The van der Waals surface area contributed by atoms with Crippen molar-refractivity contribution in [3.05, 3.63) is 42.5 Å². The second kappa shape index (κ2) is 11.9. The number of ether oxygens (including phenoxy) is 3. The molecule has 1 aromatic rings. The van der Waals surface area contributed by atoms with Gasteiger partial charge in [0.1, 0.15) is 12.4 Å². The molecule has 9 nitrogen and oxygen atoms in total. The van der Waals surface area contributed by atoms with E-state index in [-0.39, 0.29) is 36.9 Å². The van der Waals surface area contributed by atoms with Crippen LogP contribution in [0.4, 0.5) is 10.5 Å². The normalized spacial score (nSPS) is 15.3. The number of methoxy groups -OCH3 is 1. The van der Waals surface area contributed by atoms with Gasteiger partial charge in [-0.15, -0.1) is 0 Å². The van der Waals surface area contributed by atoms with Gasteiger partial charge in [0.05, 0.1) is 37.6 Å². The molecule has 0 bridgehead atoms. The van der Waals surface area contributed by atoms with E-state index in [1.165, 1.54) is 37.1 Å². The number of amides is 2. The highest BCUT2D eigenvalue weighted by molar-refractivity contribution is 6.04. The molecule has 1 heterocycles. The monoisotopic (exact) mass is 446 g/mol. The summed E-state index contributed by atoms with van der Waals surface area (Å²) in [7, 11) is 1.44. The number of anilines is 1. The van der Waals surface area contributed by atoms with Gasteiger partial charge < -0.3 is 29.0 Å². The summed E-state index contributed by atoms with van der Waals surface area (Å²) in [5.41, 5.74) is 1.08. The van der Waals surface area contributed by atoms with Crippen molar-refractivity contribution in [2.45, 2.75) is 32.2 Å². The van der Waals surface area contributed by atoms with Gasteiger partial charge in [0.2, 0.25) is 0 Å². The summed E-state index contributed by atoms with van der Waals surface area (Å²) >= 11 is 0. The molecule has 0 aromatic heterocycles. The number of ketones is 1. The molecule has 0 unspecified atom stereocenters. The zero-order chi connectivity index (χ0) is 23.7. The molecular formula is C23H30N2O7. The van der Waals surface area contributed by atoms with Gasteiger partial charge in [-0.1, -0.05) is 24.8 Å². The largest absolute Gasteiger partial charge is 0.493 e. The highest BCUT2D eigenvalue weighted by Crippen LogP contribution is 2.36. The van der Waals surface area contributed by atoms with Crippen molar-refractivity contribution in [3.63, 3.8) is 0 Å². The first-order chi connectivity index (χ1) is 15.3. The van der Waals surface area contributed by atoms with Crippen LogP contribution in [0.3, 0.4) is 0 Å². The van der Waals surface area contributed by atoms with Gasteiger partial charge in [-0.05, 0) is 25.8 Å². The van der Waals surface area contributed by atoms with Crippen molar-refractivity contribution < 1.29 is 33.7 Å². The fraction of sp³-hybridized carbons (Fsp3) is 0.435.